The fraction of sp³-hybridized carbons (Fsp3) is 0.267. The van der Waals surface area contributed by atoms with E-state index < -0.39 is 4.92 Å². The lowest BCUT2D eigenvalue weighted by atomic mass is 10.1. The van der Waals surface area contributed by atoms with Gasteiger partial charge < -0.3 is 5.32 Å². The highest BCUT2D eigenvalue weighted by Crippen LogP contribution is 2.33. The Hall–Kier alpha value is -2.85. The van der Waals surface area contributed by atoms with E-state index in [0.717, 1.165) is 10.2 Å². The first-order valence-electron chi connectivity index (χ1n) is 7.49. The summed E-state index contributed by atoms with van der Waals surface area (Å²) in [6, 6.07) is 7.62. The number of anilines is 3. The maximum Gasteiger partial charge on any atom is 0.354 e. The fourth-order valence-electron chi connectivity index (χ4n) is 2.01. The topological polar surface area (TPSA) is 118 Å². The summed E-state index contributed by atoms with van der Waals surface area (Å²) in [5.74, 6) is 0.163. The third-order valence-corrected chi connectivity index (χ3v) is 4.03. The quantitative estimate of drug-likeness (QED) is 0.468. The first-order valence-corrected chi connectivity index (χ1v) is 8.30. The number of nitrogens with one attached hydrogen (secondary N) is 3. The van der Waals surface area contributed by atoms with Gasteiger partial charge in [0.05, 0.1) is 15.1 Å². The van der Waals surface area contributed by atoms with E-state index in [1.54, 1.807) is 0 Å². The van der Waals surface area contributed by atoms with E-state index in [9.17, 15) is 10.1 Å². The molecular weight excluding hydrogens is 342 g/mol. The predicted molar refractivity (Wildman–Crippen MR) is 98.1 cm³/mol. The number of fused-ring (bicyclic) bond motifs is 1. The smallest absolute Gasteiger partial charge is 0.310 e. The van der Waals surface area contributed by atoms with Crippen LogP contribution in [-0.4, -0.2) is 25.4 Å². The molecular formula is C15H17N7O2S. The largest absolute Gasteiger partial charge is 0.354 e. The van der Waals surface area contributed by atoms with Gasteiger partial charge in [-0.05, 0) is 32.9 Å². The van der Waals surface area contributed by atoms with Gasteiger partial charge >= 0.3 is 5.69 Å². The van der Waals surface area contributed by atoms with Gasteiger partial charge in [0.2, 0.25) is 11.6 Å². The van der Waals surface area contributed by atoms with Crippen LogP contribution in [0.1, 0.15) is 20.8 Å². The summed E-state index contributed by atoms with van der Waals surface area (Å²) in [6.07, 6.45) is 1.26. The van der Waals surface area contributed by atoms with Crippen LogP contribution in [0.5, 0.6) is 0 Å². The van der Waals surface area contributed by atoms with E-state index in [0.29, 0.717) is 5.13 Å². The van der Waals surface area contributed by atoms with Crippen molar-refractivity contribution in [3.8, 4) is 0 Å². The normalized spacial score (nSPS) is 11.5. The minimum atomic E-state index is -0.525. The predicted octanol–water partition coefficient (Wildman–Crippen LogP) is 3.45. The van der Waals surface area contributed by atoms with Crippen molar-refractivity contribution in [1.29, 1.82) is 0 Å². The average Bonchev–Trinajstić information content (AvgIpc) is 2.94. The highest BCUT2D eigenvalue weighted by atomic mass is 32.1. The van der Waals surface area contributed by atoms with Gasteiger partial charge in [0.25, 0.3) is 0 Å². The summed E-state index contributed by atoms with van der Waals surface area (Å²) in [6.45, 7) is 5.77. The van der Waals surface area contributed by atoms with Crippen LogP contribution in [0.25, 0.3) is 10.2 Å². The molecule has 3 aromatic rings. The molecule has 0 saturated heterocycles. The van der Waals surface area contributed by atoms with Crippen molar-refractivity contribution in [2.75, 3.05) is 10.7 Å². The molecule has 0 fully saturated rings. The molecule has 130 valence electrons. The highest BCUT2D eigenvalue weighted by Gasteiger charge is 2.24. The van der Waals surface area contributed by atoms with Crippen LogP contribution in [-0.2, 0) is 0 Å². The number of benzene rings is 1. The first-order chi connectivity index (χ1) is 11.8. The lowest BCUT2D eigenvalue weighted by Gasteiger charge is -2.21. The zero-order valence-electron chi connectivity index (χ0n) is 13.9. The van der Waals surface area contributed by atoms with Crippen molar-refractivity contribution >= 4 is 44.0 Å². The monoisotopic (exact) mass is 359 g/mol. The number of hydrogen-bond acceptors (Lipinski definition) is 9. The fourth-order valence-corrected chi connectivity index (χ4v) is 2.87. The molecule has 0 unspecified atom stereocenters. The summed E-state index contributed by atoms with van der Waals surface area (Å²) < 4.78 is 0.981. The molecule has 2 heterocycles. The Balaban J connectivity index is 1.93. The molecule has 0 aliphatic carbocycles. The molecule has 0 aliphatic heterocycles. The zero-order valence-corrected chi connectivity index (χ0v) is 14.7. The van der Waals surface area contributed by atoms with E-state index in [1.165, 1.54) is 17.7 Å². The lowest BCUT2D eigenvalue weighted by Crippen LogP contribution is -2.40. The van der Waals surface area contributed by atoms with Crippen LogP contribution in [0.15, 0.2) is 30.6 Å². The van der Waals surface area contributed by atoms with Gasteiger partial charge in [0.1, 0.15) is 6.33 Å². The Morgan fingerprint density at radius 2 is 1.88 bits per heavy atom. The minimum absolute atomic E-state index is 0.0808. The number of hydrogen-bond donors (Lipinski definition) is 3. The van der Waals surface area contributed by atoms with E-state index in [-0.39, 0.29) is 22.9 Å². The van der Waals surface area contributed by atoms with E-state index >= 15 is 0 Å². The summed E-state index contributed by atoms with van der Waals surface area (Å²) >= 11 is 1.39. The van der Waals surface area contributed by atoms with Gasteiger partial charge in [-0.2, -0.15) is 0 Å². The Labute approximate surface area is 147 Å². The highest BCUT2D eigenvalue weighted by molar-refractivity contribution is 7.22. The molecule has 2 aromatic heterocycles. The van der Waals surface area contributed by atoms with Gasteiger partial charge in [-0.15, -0.1) is 0 Å². The Morgan fingerprint density at radius 3 is 2.56 bits per heavy atom. The molecule has 0 bridgehead atoms. The summed E-state index contributed by atoms with van der Waals surface area (Å²) in [5, 5.41) is 15.0. The van der Waals surface area contributed by atoms with Crippen molar-refractivity contribution in [3.63, 3.8) is 0 Å². The number of rotatable bonds is 5. The molecule has 3 N–H and O–H groups in total. The van der Waals surface area contributed by atoms with E-state index in [4.69, 9.17) is 0 Å². The minimum Gasteiger partial charge on any atom is -0.310 e. The number of thiazole rings is 1. The standard InChI is InChI=1S/C15H17N7O2S/c1-15(2,3)21-20-13-11(22(23)24)12(16-8-17-13)19-14-18-9-6-4-5-7-10(9)25-14/h4-8,21H,1-3H3,(H2,16,17,18,19,20). The Morgan fingerprint density at radius 1 is 1.16 bits per heavy atom. The van der Waals surface area contributed by atoms with Crippen molar-refractivity contribution in [1.82, 2.24) is 20.4 Å². The van der Waals surface area contributed by atoms with Crippen LogP contribution in [0.4, 0.5) is 22.5 Å². The average molecular weight is 359 g/mol. The molecule has 0 radical (unpaired) electrons. The summed E-state index contributed by atoms with van der Waals surface area (Å²) in [7, 11) is 0. The second kappa shape index (κ2) is 6.57. The van der Waals surface area contributed by atoms with Crippen LogP contribution < -0.4 is 16.2 Å². The van der Waals surface area contributed by atoms with Gasteiger partial charge in [-0.25, -0.2) is 20.4 Å². The maximum atomic E-state index is 11.5. The zero-order chi connectivity index (χ0) is 18.0. The third-order valence-electron chi connectivity index (χ3n) is 3.08. The van der Waals surface area contributed by atoms with E-state index in [2.05, 4.69) is 31.1 Å². The van der Waals surface area contributed by atoms with Gasteiger partial charge in [-0.1, -0.05) is 23.5 Å². The van der Waals surface area contributed by atoms with Gasteiger partial charge in [0, 0.05) is 5.54 Å². The van der Waals surface area contributed by atoms with E-state index in [1.807, 2.05) is 45.0 Å². The molecule has 3 rings (SSSR count). The molecule has 10 heteroatoms. The molecule has 9 nitrogen and oxygen atoms in total. The second-order valence-corrected chi connectivity index (χ2v) is 7.32. The number of para-hydroxylation sites is 1. The summed E-state index contributed by atoms with van der Waals surface area (Å²) in [4.78, 5) is 23.4. The molecule has 25 heavy (non-hydrogen) atoms. The third kappa shape index (κ3) is 3.98. The Kier molecular flexibility index (Phi) is 4.47. The molecule has 0 saturated carbocycles. The maximum absolute atomic E-state index is 11.5. The van der Waals surface area contributed by atoms with Crippen LogP contribution in [0.2, 0.25) is 0 Å². The van der Waals surface area contributed by atoms with Gasteiger partial charge in [0.15, 0.2) is 5.13 Å². The van der Waals surface area contributed by atoms with Crippen LogP contribution >= 0.6 is 11.3 Å². The van der Waals surface area contributed by atoms with Crippen molar-refractivity contribution in [3.05, 3.63) is 40.7 Å². The van der Waals surface area contributed by atoms with Crippen molar-refractivity contribution in [2.24, 2.45) is 0 Å². The van der Waals surface area contributed by atoms with Crippen LogP contribution in [0, 0.1) is 10.1 Å². The number of nitro groups is 1. The number of aromatic nitrogens is 3. The summed E-state index contributed by atoms with van der Waals surface area (Å²) in [5.41, 5.74) is 6.02. The molecule has 0 atom stereocenters. The number of nitrogens with zero attached hydrogens (tertiary/aromatic N) is 4. The lowest BCUT2D eigenvalue weighted by molar-refractivity contribution is -0.383. The molecule has 0 aliphatic rings. The molecule has 0 spiro atoms. The van der Waals surface area contributed by atoms with Gasteiger partial charge in [-0.3, -0.25) is 15.5 Å². The second-order valence-electron chi connectivity index (χ2n) is 6.29. The Bertz CT molecular complexity index is 887. The van der Waals surface area contributed by atoms with Crippen molar-refractivity contribution in [2.45, 2.75) is 26.3 Å². The molecule has 1 aromatic carbocycles. The van der Waals surface area contributed by atoms with Crippen molar-refractivity contribution < 1.29 is 4.92 Å². The first kappa shape index (κ1) is 17.0. The molecule has 0 amide bonds. The number of hydrazine groups is 1. The van der Waals surface area contributed by atoms with Crippen LogP contribution in [0.3, 0.4) is 0 Å². The SMILES string of the molecule is CC(C)(C)NNc1ncnc(Nc2nc3ccccc3s2)c1[N+](=O)[O-].